The molecule has 0 aliphatic carbocycles. The van der Waals surface area contributed by atoms with Gasteiger partial charge in [-0.15, -0.1) is 6.42 Å². The molecule has 0 aromatic heterocycles. The zero-order valence-corrected chi connectivity index (χ0v) is 14.6. The molecule has 128 valence electrons. The molecule has 1 aliphatic rings. The van der Waals surface area contributed by atoms with Gasteiger partial charge < -0.3 is 10.2 Å². The molecule has 5 nitrogen and oxygen atoms in total. The van der Waals surface area contributed by atoms with Crippen molar-refractivity contribution in [1.29, 1.82) is 0 Å². The normalized spacial score (nSPS) is 15.5. The van der Waals surface area contributed by atoms with Crippen molar-refractivity contribution in [3.8, 4) is 12.3 Å². The Morgan fingerprint density at radius 1 is 1.29 bits per heavy atom. The van der Waals surface area contributed by atoms with Gasteiger partial charge >= 0.3 is 0 Å². The summed E-state index contributed by atoms with van der Waals surface area (Å²) in [4.78, 5) is 28.4. The van der Waals surface area contributed by atoms with E-state index in [0.717, 1.165) is 18.5 Å². The molecule has 1 heterocycles. The molecule has 2 rings (SSSR count). The Morgan fingerprint density at radius 2 is 2.08 bits per heavy atom. The second-order valence-electron chi connectivity index (χ2n) is 5.86. The van der Waals surface area contributed by atoms with E-state index in [-0.39, 0.29) is 18.4 Å². The molecule has 2 amide bonds. The van der Waals surface area contributed by atoms with Crippen LogP contribution in [0.4, 0.5) is 0 Å². The number of rotatable bonds is 4. The van der Waals surface area contributed by atoms with Gasteiger partial charge in [-0.25, -0.2) is 0 Å². The van der Waals surface area contributed by atoms with E-state index in [4.69, 9.17) is 18.0 Å². The molecule has 0 radical (unpaired) electrons. The first-order valence-electron chi connectivity index (χ1n) is 7.99. The van der Waals surface area contributed by atoms with Crippen LogP contribution in [-0.4, -0.2) is 60.9 Å². The number of carbonyl (C=O) groups is 2. The van der Waals surface area contributed by atoms with Crippen LogP contribution in [0.25, 0.3) is 0 Å². The van der Waals surface area contributed by atoms with Gasteiger partial charge in [-0.1, -0.05) is 17.5 Å². The zero-order valence-electron chi connectivity index (χ0n) is 13.8. The fourth-order valence-electron chi connectivity index (χ4n) is 2.78. The summed E-state index contributed by atoms with van der Waals surface area (Å²) in [6, 6.07) is 5.31. The Hall–Kier alpha value is -2.03. The smallest absolute Gasteiger partial charge is 0.254 e. The summed E-state index contributed by atoms with van der Waals surface area (Å²) in [7, 11) is 0. The monoisotopic (exact) mass is 347 g/mol. The van der Waals surface area contributed by atoms with E-state index in [1.54, 1.807) is 18.2 Å². The fraction of sp³-hybridized carbons (Fsp3) is 0.444. The van der Waals surface area contributed by atoms with E-state index in [1.807, 2.05) is 16.7 Å². The number of terminal acetylenes is 1. The van der Waals surface area contributed by atoms with Gasteiger partial charge in [-0.3, -0.25) is 14.5 Å². The molecule has 6 heteroatoms. The molecule has 0 bridgehead atoms. The summed E-state index contributed by atoms with van der Waals surface area (Å²) in [6.07, 6.45) is 5.97. The minimum Gasteiger partial charge on any atom is -0.344 e. The third-order valence-electron chi connectivity index (χ3n) is 4.05. The number of halogens is 1. The van der Waals surface area contributed by atoms with Crippen LogP contribution < -0.4 is 5.32 Å². The number of nitrogens with zero attached hydrogens (tertiary/aromatic N) is 2. The highest BCUT2D eigenvalue weighted by Crippen LogP contribution is 2.18. The van der Waals surface area contributed by atoms with Crippen LogP contribution in [0.2, 0.25) is 5.02 Å². The summed E-state index contributed by atoms with van der Waals surface area (Å²) in [5.41, 5.74) is 1.56. The number of hydrogen-bond acceptors (Lipinski definition) is 3. The fourth-order valence-corrected chi connectivity index (χ4v) is 3.00. The van der Waals surface area contributed by atoms with Gasteiger partial charge in [0.15, 0.2) is 0 Å². The van der Waals surface area contributed by atoms with Crippen molar-refractivity contribution in [2.45, 2.75) is 13.3 Å². The highest BCUT2D eigenvalue weighted by Gasteiger charge is 2.22. The average molecular weight is 348 g/mol. The lowest BCUT2D eigenvalue weighted by molar-refractivity contribution is -0.121. The van der Waals surface area contributed by atoms with Gasteiger partial charge in [0.25, 0.3) is 5.91 Å². The van der Waals surface area contributed by atoms with E-state index < -0.39 is 0 Å². The summed E-state index contributed by atoms with van der Waals surface area (Å²) in [5, 5.41) is 3.29. The molecule has 0 unspecified atom stereocenters. The first kappa shape index (κ1) is 18.3. The molecule has 1 N–H and O–H groups in total. The maximum absolute atomic E-state index is 12.7. The number of aryl methyl sites for hydroxylation is 1. The first-order valence-corrected chi connectivity index (χ1v) is 8.37. The van der Waals surface area contributed by atoms with Crippen molar-refractivity contribution in [1.82, 2.24) is 15.1 Å². The van der Waals surface area contributed by atoms with Gasteiger partial charge in [0.1, 0.15) is 0 Å². The van der Waals surface area contributed by atoms with E-state index in [9.17, 15) is 9.59 Å². The molecule has 1 saturated heterocycles. The summed E-state index contributed by atoms with van der Waals surface area (Å²) >= 11 is 5.96. The summed E-state index contributed by atoms with van der Waals surface area (Å²) in [5.74, 6) is 2.32. The van der Waals surface area contributed by atoms with Crippen molar-refractivity contribution in [2.24, 2.45) is 0 Å². The predicted molar refractivity (Wildman–Crippen MR) is 95.0 cm³/mol. The molecule has 1 aliphatic heterocycles. The van der Waals surface area contributed by atoms with Gasteiger partial charge in [-0.05, 0) is 37.1 Å². The number of carbonyl (C=O) groups excluding carboxylic acids is 2. The van der Waals surface area contributed by atoms with Gasteiger partial charge in [0, 0.05) is 36.8 Å². The lowest BCUT2D eigenvalue weighted by atomic mass is 10.1. The Kier molecular flexibility index (Phi) is 6.65. The quantitative estimate of drug-likeness (QED) is 0.841. The predicted octanol–water partition coefficient (Wildman–Crippen LogP) is 1.55. The highest BCUT2D eigenvalue weighted by atomic mass is 35.5. The molecule has 0 spiro atoms. The third-order valence-corrected chi connectivity index (χ3v) is 4.28. The number of amides is 2. The van der Waals surface area contributed by atoms with Crippen molar-refractivity contribution < 1.29 is 9.59 Å². The molecular formula is C18H22ClN3O2. The van der Waals surface area contributed by atoms with Gasteiger partial charge in [0.05, 0.1) is 13.1 Å². The molecule has 24 heavy (non-hydrogen) atoms. The molecule has 0 atom stereocenters. The van der Waals surface area contributed by atoms with Crippen LogP contribution in [0, 0.1) is 19.3 Å². The zero-order chi connectivity index (χ0) is 17.5. The van der Waals surface area contributed by atoms with Crippen molar-refractivity contribution in [3.05, 3.63) is 34.3 Å². The second-order valence-corrected chi connectivity index (χ2v) is 6.30. The minimum absolute atomic E-state index is 0.0165. The SMILES string of the molecule is C#CCNC(=O)CN1CCCN(C(=O)c2ccc(Cl)cc2C)CC1. The third kappa shape index (κ3) is 4.98. The molecule has 0 saturated carbocycles. The Labute approximate surface area is 147 Å². The first-order chi connectivity index (χ1) is 11.5. The van der Waals surface area contributed by atoms with E-state index in [0.29, 0.717) is 36.8 Å². The maximum Gasteiger partial charge on any atom is 0.254 e. The topological polar surface area (TPSA) is 52.7 Å². The average Bonchev–Trinajstić information content (AvgIpc) is 2.78. The van der Waals surface area contributed by atoms with Crippen LogP contribution in [0.3, 0.4) is 0 Å². The largest absolute Gasteiger partial charge is 0.344 e. The molecule has 1 fully saturated rings. The van der Waals surface area contributed by atoms with Crippen LogP contribution in [-0.2, 0) is 4.79 Å². The van der Waals surface area contributed by atoms with Crippen molar-refractivity contribution in [3.63, 3.8) is 0 Å². The number of hydrogen-bond donors (Lipinski definition) is 1. The van der Waals surface area contributed by atoms with Gasteiger partial charge in [0.2, 0.25) is 5.91 Å². The summed E-state index contributed by atoms with van der Waals surface area (Å²) in [6.45, 7) is 5.18. The van der Waals surface area contributed by atoms with Crippen LogP contribution in [0.1, 0.15) is 22.3 Å². The molecule has 1 aromatic rings. The van der Waals surface area contributed by atoms with Crippen LogP contribution in [0.15, 0.2) is 18.2 Å². The maximum atomic E-state index is 12.7. The van der Waals surface area contributed by atoms with Crippen LogP contribution >= 0.6 is 11.6 Å². The minimum atomic E-state index is -0.0822. The second kappa shape index (κ2) is 8.72. The van der Waals surface area contributed by atoms with Crippen molar-refractivity contribution in [2.75, 3.05) is 39.3 Å². The van der Waals surface area contributed by atoms with E-state index in [1.165, 1.54) is 0 Å². The van der Waals surface area contributed by atoms with Crippen LogP contribution in [0.5, 0.6) is 0 Å². The Bertz CT molecular complexity index is 654. The van der Waals surface area contributed by atoms with E-state index in [2.05, 4.69) is 11.2 Å². The van der Waals surface area contributed by atoms with E-state index >= 15 is 0 Å². The standard InChI is InChI=1S/C18H22ClN3O2/c1-3-7-20-17(23)13-21-8-4-9-22(11-10-21)18(24)16-6-5-15(19)12-14(16)2/h1,5-6,12H,4,7-11,13H2,2H3,(H,20,23). The lowest BCUT2D eigenvalue weighted by Gasteiger charge is -2.22. The van der Waals surface area contributed by atoms with Crippen molar-refractivity contribution >= 4 is 23.4 Å². The molecule has 1 aromatic carbocycles. The van der Waals surface area contributed by atoms with Gasteiger partial charge in [-0.2, -0.15) is 0 Å². The number of nitrogens with one attached hydrogen (secondary N) is 1. The Balaban J connectivity index is 1.94. The summed E-state index contributed by atoms with van der Waals surface area (Å²) < 4.78 is 0. The lowest BCUT2D eigenvalue weighted by Crippen LogP contribution is -2.40. The molecular weight excluding hydrogens is 326 g/mol. The number of benzene rings is 1. The Morgan fingerprint density at radius 3 is 2.79 bits per heavy atom. The highest BCUT2D eigenvalue weighted by molar-refractivity contribution is 6.30.